The Bertz CT molecular complexity index is 379. The lowest BCUT2D eigenvalue weighted by Crippen LogP contribution is -2.18. The van der Waals surface area contributed by atoms with Crippen molar-refractivity contribution in [2.75, 3.05) is 0 Å². The Kier molecular flexibility index (Phi) is 3.51. The van der Waals surface area contributed by atoms with E-state index < -0.39 is 11.3 Å². The Balaban J connectivity index is 2.19. The second kappa shape index (κ2) is 4.88. The van der Waals surface area contributed by atoms with Crippen LogP contribution in [0.15, 0.2) is 18.2 Å². The third-order valence-electron chi connectivity index (χ3n) is 2.88. The molecule has 0 spiro atoms. The quantitative estimate of drug-likeness (QED) is 0.770. The van der Waals surface area contributed by atoms with Crippen LogP contribution in [-0.4, -0.2) is 8.76 Å². The Labute approximate surface area is 92.3 Å². The lowest BCUT2D eigenvalue weighted by atomic mass is 9.88. The van der Waals surface area contributed by atoms with Crippen molar-refractivity contribution in [1.82, 2.24) is 4.72 Å². The molecule has 82 valence electrons. The molecular weight excluding hydrogens is 210 g/mol. The first-order chi connectivity index (χ1) is 7.27. The van der Waals surface area contributed by atoms with Crippen LogP contribution in [0.2, 0.25) is 0 Å². The summed E-state index contributed by atoms with van der Waals surface area (Å²) in [4.78, 5) is 0. The molecule has 1 aliphatic rings. The maximum absolute atomic E-state index is 10.5. The van der Waals surface area contributed by atoms with Gasteiger partial charge in [-0.2, -0.15) is 0 Å². The monoisotopic (exact) mass is 225 g/mol. The molecule has 0 aromatic heterocycles. The minimum absolute atomic E-state index is 0.478. The molecule has 1 aliphatic carbocycles. The molecule has 2 N–H and O–H groups in total. The van der Waals surface area contributed by atoms with Crippen molar-refractivity contribution in [3.63, 3.8) is 0 Å². The summed E-state index contributed by atoms with van der Waals surface area (Å²) in [6.45, 7) is 0.478. The zero-order valence-electron chi connectivity index (χ0n) is 8.53. The van der Waals surface area contributed by atoms with E-state index in [0.29, 0.717) is 6.54 Å². The Morgan fingerprint density at radius 2 is 2.13 bits per heavy atom. The molecule has 0 radical (unpaired) electrons. The molecular formula is C11H15NO2S. The molecule has 1 aromatic rings. The summed E-state index contributed by atoms with van der Waals surface area (Å²) < 4.78 is 21.8. The minimum atomic E-state index is -1.92. The Hall–Kier alpha value is -0.710. The highest BCUT2D eigenvalue weighted by molar-refractivity contribution is 7.77. The molecule has 0 saturated carbocycles. The molecule has 15 heavy (non-hydrogen) atoms. The van der Waals surface area contributed by atoms with Gasteiger partial charge in [0.2, 0.25) is 11.3 Å². The average Bonchev–Trinajstić information content (AvgIpc) is 2.26. The lowest BCUT2D eigenvalue weighted by Gasteiger charge is -2.19. The van der Waals surface area contributed by atoms with Crippen LogP contribution in [0, 0.1) is 0 Å². The summed E-state index contributed by atoms with van der Waals surface area (Å²) in [6, 6.07) is 6.22. The summed E-state index contributed by atoms with van der Waals surface area (Å²) in [7, 11) is 0. The fraction of sp³-hybridized carbons (Fsp3) is 0.455. The molecule has 1 aromatic carbocycles. The van der Waals surface area contributed by atoms with Gasteiger partial charge in [-0.05, 0) is 42.4 Å². The number of aryl methyl sites for hydroxylation is 1. The fourth-order valence-electron chi connectivity index (χ4n) is 2.17. The van der Waals surface area contributed by atoms with E-state index in [1.165, 1.54) is 24.0 Å². The summed E-state index contributed by atoms with van der Waals surface area (Å²) in [6.07, 6.45) is 4.73. The van der Waals surface area contributed by atoms with Crippen molar-refractivity contribution in [3.8, 4) is 0 Å². The van der Waals surface area contributed by atoms with Gasteiger partial charge in [0.1, 0.15) is 0 Å². The van der Waals surface area contributed by atoms with Crippen molar-refractivity contribution in [2.45, 2.75) is 32.2 Å². The van der Waals surface area contributed by atoms with Crippen LogP contribution in [0.5, 0.6) is 0 Å². The van der Waals surface area contributed by atoms with Gasteiger partial charge in [-0.25, -0.2) is 8.93 Å². The van der Waals surface area contributed by atoms with Gasteiger partial charge in [0.15, 0.2) is 0 Å². The van der Waals surface area contributed by atoms with Gasteiger partial charge in [-0.15, -0.1) is 0 Å². The van der Waals surface area contributed by atoms with Crippen molar-refractivity contribution >= 4 is 11.3 Å². The smallest absolute Gasteiger partial charge is 0.232 e. The molecule has 0 heterocycles. The molecule has 3 nitrogen and oxygen atoms in total. The van der Waals surface area contributed by atoms with Gasteiger partial charge in [0.05, 0.1) is 0 Å². The summed E-state index contributed by atoms with van der Waals surface area (Å²) >= 11 is -1.92. The normalized spacial score (nSPS) is 17.1. The SMILES string of the molecule is O=S(O)NCc1cccc2c1CCCC2. The zero-order valence-corrected chi connectivity index (χ0v) is 9.35. The summed E-state index contributed by atoms with van der Waals surface area (Å²) in [5.74, 6) is 0. The highest BCUT2D eigenvalue weighted by Crippen LogP contribution is 2.24. The highest BCUT2D eigenvalue weighted by atomic mass is 32.2. The second-order valence-corrected chi connectivity index (χ2v) is 4.62. The first-order valence-corrected chi connectivity index (χ1v) is 6.32. The number of fused-ring (bicyclic) bond motifs is 1. The minimum Gasteiger partial charge on any atom is -0.294 e. The molecule has 0 amide bonds. The van der Waals surface area contributed by atoms with E-state index in [-0.39, 0.29) is 0 Å². The van der Waals surface area contributed by atoms with Crippen LogP contribution in [-0.2, 0) is 30.7 Å². The number of nitrogens with one attached hydrogen (secondary N) is 1. The van der Waals surface area contributed by atoms with Crippen LogP contribution in [0.4, 0.5) is 0 Å². The molecule has 4 heteroatoms. The van der Waals surface area contributed by atoms with Gasteiger partial charge in [-0.3, -0.25) is 4.55 Å². The summed E-state index contributed by atoms with van der Waals surface area (Å²) in [5.41, 5.74) is 3.94. The highest BCUT2D eigenvalue weighted by Gasteiger charge is 2.12. The van der Waals surface area contributed by atoms with Gasteiger partial charge >= 0.3 is 0 Å². The van der Waals surface area contributed by atoms with Crippen molar-refractivity contribution in [2.24, 2.45) is 0 Å². The first-order valence-electron chi connectivity index (χ1n) is 5.21. The van der Waals surface area contributed by atoms with Crippen LogP contribution < -0.4 is 4.72 Å². The molecule has 0 fully saturated rings. The van der Waals surface area contributed by atoms with E-state index in [2.05, 4.69) is 10.8 Å². The predicted octanol–water partition coefficient (Wildman–Crippen LogP) is 1.79. The average molecular weight is 225 g/mol. The molecule has 1 atom stereocenters. The maximum Gasteiger partial charge on any atom is 0.232 e. The number of hydrogen-bond acceptors (Lipinski definition) is 1. The zero-order chi connectivity index (χ0) is 10.7. The lowest BCUT2D eigenvalue weighted by molar-refractivity contribution is 0.548. The van der Waals surface area contributed by atoms with Gasteiger partial charge < -0.3 is 0 Å². The van der Waals surface area contributed by atoms with E-state index in [9.17, 15) is 4.21 Å². The topological polar surface area (TPSA) is 49.3 Å². The number of benzene rings is 1. The van der Waals surface area contributed by atoms with Crippen molar-refractivity contribution < 1.29 is 8.76 Å². The summed E-state index contributed by atoms with van der Waals surface area (Å²) in [5, 5.41) is 0. The van der Waals surface area contributed by atoms with Crippen LogP contribution in [0.25, 0.3) is 0 Å². The predicted molar refractivity (Wildman–Crippen MR) is 60.7 cm³/mol. The van der Waals surface area contributed by atoms with Gasteiger partial charge in [0, 0.05) is 6.54 Å². The van der Waals surface area contributed by atoms with Crippen LogP contribution >= 0.6 is 0 Å². The van der Waals surface area contributed by atoms with Crippen LogP contribution in [0.1, 0.15) is 29.5 Å². The molecule has 0 bridgehead atoms. The van der Waals surface area contributed by atoms with E-state index >= 15 is 0 Å². The molecule has 2 rings (SSSR count). The first kappa shape index (κ1) is 10.8. The Morgan fingerprint density at radius 3 is 2.93 bits per heavy atom. The standard InChI is InChI=1S/C11H15NO2S/c13-15(14)12-8-10-6-3-5-9-4-1-2-7-11(9)10/h3,5-6,12H,1-2,4,7-8H2,(H,13,14). The van der Waals surface area contributed by atoms with Gasteiger partial charge in [0.25, 0.3) is 0 Å². The molecule has 0 saturated heterocycles. The van der Waals surface area contributed by atoms with E-state index in [1.807, 2.05) is 12.1 Å². The van der Waals surface area contributed by atoms with Crippen molar-refractivity contribution in [1.29, 1.82) is 0 Å². The van der Waals surface area contributed by atoms with Gasteiger partial charge in [-0.1, -0.05) is 18.2 Å². The Morgan fingerprint density at radius 1 is 1.33 bits per heavy atom. The fourth-order valence-corrected chi connectivity index (χ4v) is 2.44. The van der Waals surface area contributed by atoms with Crippen molar-refractivity contribution in [3.05, 3.63) is 34.9 Å². The van der Waals surface area contributed by atoms with E-state index in [4.69, 9.17) is 4.55 Å². The largest absolute Gasteiger partial charge is 0.294 e. The number of rotatable bonds is 3. The van der Waals surface area contributed by atoms with E-state index in [1.54, 1.807) is 0 Å². The molecule has 0 aliphatic heterocycles. The maximum atomic E-state index is 10.5. The van der Waals surface area contributed by atoms with E-state index in [0.717, 1.165) is 18.4 Å². The third-order valence-corrected chi connectivity index (χ3v) is 3.27. The van der Waals surface area contributed by atoms with Crippen LogP contribution in [0.3, 0.4) is 0 Å². The number of hydrogen-bond donors (Lipinski definition) is 2. The molecule has 1 unspecified atom stereocenters. The second-order valence-electron chi connectivity index (χ2n) is 3.83. The third kappa shape index (κ3) is 2.65.